The monoisotopic (exact) mass is 681 g/mol. The van der Waals surface area contributed by atoms with Crippen LogP contribution in [0.5, 0.6) is 5.75 Å². The first kappa shape index (κ1) is 25.0. The van der Waals surface area contributed by atoms with Crippen LogP contribution >= 0.6 is 56.9 Å². The summed E-state index contributed by atoms with van der Waals surface area (Å²) < 4.78 is 26.2. The van der Waals surface area contributed by atoms with Crippen molar-refractivity contribution < 1.29 is 28.2 Å². The Balaban J connectivity index is 1.79. The first-order chi connectivity index (χ1) is 15.2. The summed E-state index contributed by atoms with van der Waals surface area (Å²) in [5.74, 6) is -0.889. The second-order valence-corrected chi connectivity index (χ2v) is 9.99. The van der Waals surface area contributed by atoms with Gasteiger partial charge in [-0.1, -0.05) is 18.2 Å². The van der Waals surface area contributed by atoms with E-state index in [-0.39, 0.29) is 23.9 Å². The van der Waals surface area contributed by atoms with Crippen LogP contribution in [0.25, 0.3) is 6.08 Å². The number of carbonyl (C=O) groups excluding carboxylic acids is 3. The van der Waals surface area contributed by atoms with Crippen LogP contribution < -0.4 is 4.74 Å². The molecule has 32 heavy (non-hydrogen) atoms. The molecule has 2 aromatic rings. The highest BCUT2D eigenvalue weighted by atomic mass is 127. The van der Waals surface area contributed by atoms with Gasteiger partial charge in [0.05, 0.1) is 18.7 Å². The Kier molecular flexibility index (Phi) is 8.55. The van der Waals surface area contributed by atoms with E-state index in [0.717, 1.165) is 23.8 Å². The molecule has 1 fully saturated rings. The topological polar surface area (TPSA) is 72.9 Å². The van der Waals surface area contributed by atoms with Crippen molar-refractivity contribution in [2.45, 2.75) is 26.5 Å². The zero-order valence-electron chi connectivity index (χ0n) is 17.1. The minimum absolute atomic E-state index is 0.0860. The van der Waals surface area contributed by atoms with Crippen molar-refractivity contribution in [3.8, 4) is 5.75 Å². The normalized spacial score (nSPS) is 15.9. The third kappa shape index (κ3) is 5.63. The van der Waals surface area contributed by atoms with Gasteiger partial charge in [-0.3, -0.25) is 14.5 Å². The van der Waals surface area contributed by atoms with E-state index in [0.29, 0.717) is 16.9 Å². The quantitative estimate of drug-likeness (QED) is 0.215. The number of imide groups is 1. The lowest BCUT2D eigenvalue weighted by Crippen LogP contribution is -2.42. The molecule has 0 spiro atoms. The van der Waals surface area contributed by atoms with Gasteiger partial charge >= 0.3 is 5.97 Å². The largest absolute Gasteiger partial charge is 0.487 e. The maximum absolute atomic E-state index is 13.8. The van der Waals surface area contributed by atoms with Gasteiger partial charge in [-0.05, 0) is 101 Å². The van der Waals surface area contributed by atoms with Gasteiger partial charge in [0.1, 0.15) is 24.2 Å². The molecule has 3 rings (SSSR count). The van der Waals surface area contributed by atoms with E-state index in [2.05, 4.69) is 45.2 Å². The van der Waals surface area contributed by atoms with Gasteiger partial charge < -0.3 is 9.47 Å². The molecule has 0 bridgehead atoms. The van der Waals surface area contributed by atoms with Crippen LogP contribution in [-0.4, -0.2) is 34.7 Å². The van der Waals surface area contributed by atoms with E-state index in [9.17, 15) is 18.8 Å². The number of nitrogens with zero attached hydrogens (tertiary/aromatic N) is 1. The number of rotatable bonds is 7. The number of esters is 1. The van der Waals surface area contributed by atoms with Crippen molar-refractivity contribution in [2.75, 3.05) is 6.61 Å². The molecule has 1 heterocycles. The molecule has 6 nitrogen and oxygen atoms in total. The van der Waals surface area contributed by atoms with E-state index < -0.39 is 23.2 Å². The molecule has 1 aliphatic rings. The van der Waals surface area contributed by atoms with E-state index in [4.69, 9.17) is 9.47 Å². The van der Waals surface area contributed by atoms with Crippen LogP contribution in [0.2, 0.25) is 0 Å². The summed E-state index contributed by atoms with van der Waals surface area (Å²) in [5.41, 5.74) is 1.15. The standard InChI is InChI=1S/C22H18FI2NO5S/c1-3-30-21(28)12(2)26-20(27)18(32-22(26)29)10-13-8-16(24)19(17(25)9-13)31-11-14-6-4-5-7-15(14)23/h4-10,12H,3,11H2,1-2H3/b18-10+/t12-/m1/s1. The number of thioether (sulfide) groups is 1. The molecule has 1 aliphatic heterocycles. The first-order valence-electron chi connectivity index (χ1n) is 9.51. The number of carbonyl (C=O) groups is 3. The van der Waals surface area contributed by atoms with Gasteiger partial charge in [-0.25, -0.2) is 9.18 Å². The van der Waals surface area contributed by atoms with Gasteiger partial charge in [0.25, 0.3) is 11.1 Å². The van der Waals surface area contributed by atoms with E-state index in [1.807, 2.05) is 12.1 Å². The van der Waals surface area contributed by atoms with Crippen LogP contribution in [0.15, 0.2) is 41.3 Å². The first-order valence-corrected chi connectivity index (χ1v) is 12.5. The highest BCUT2D eigenvalue weighted by Gasteiger charge is 2.41. The average Bonchev–Trinajstić information content (AvgIpc) is 3.01. The zero-order chi connectivity index (χ0) is 23.4. The van der Waals surface area contributed by atoms with Gasteiger partial charge in [0.15, 0.2) is 0 Å². The fourth-order valence-electron chi connectivity index (χ4n) is 2.90. The van der Waals surface area contributed by atoms with Crippen molar-refractivity contribution in [3.63, 3.8) is 0 Å². The Morgan fingerprint density at radius 2 is 1.88 bits per heavy atom. The maximum atomic E-state index is 13.8. The van der Waals surface area contributed by atoms with E-state index >= 15 is 0 Å². The van der Waals surface area contributed by atoms with Crippen LogP contribution in [0, 0.1) is 13.0 Å². The smallest absolute Gasteiger partial charge is 0.329 e. The second kappa shape index (κ2) is 11.0. The van der Waals surface area contributed by atoms with Gasteiger partial charge in [0, 0.05) is 5.56 Å². The predicted octanol–water partition coefficient (Wildman–Crippen LogP) is 5.60. The minimum atomic E-state index is -0.997. The number of benzene rings is 2. The van der Waals surface area contributed by atoms with Crippen molar-refractivity contribution in [1.29, 1.82) is 0 Å². The molecule has 10 heteroatoms. The molecule has 0 saturated carbocycles. The Morgan fingerprint density at radius 3 is 2.50 bits per heavy atom. The number of hydrogen-bond acceptors (Lipinski definition) is 6. The summed E-state index contributed by atoms with van der Waals surface area (Å²) in [6.07, 6.45) is 1.60. The summed E-state index contributed by atoms with van der Waals surface area (Å²) in [7, 11) is 0. The third-order valence-electron chi connectivity index (χ3n) is 4.49. The molecular formula is C22H18FI2NO5S. The summed E-state index contributed by atoms with van der Waals surface area (Å²) in [6, 6.07) is 9.03. The van der Waals surface area contributed by atoms with E-state index in [1.54, 1.807) is 31.2 Å². The predicted molar refractivity (Wildman–Crippen MR) is 137 cm³/mol. The lowest BCUT2D eigenvalue weighted by atomic mass is 10.2. The molecule has 0 aromatic heterocycles. The SMILES string of the molecule is CCOC(=O)[C@@H](C)N1C(=O)S/C(=C/c2cc(I)c(OCc3ccccc3F)c(I)c2)C1=O. The molecule has 0 unspecified atom stereocenters. The molecule has 1 atom stereocenters. The molecule has 2 amide bonds. The Morgan fingerprint density at radius 1 is 1.22 bits per heavy atom. The van der Waals surface area contributed by atoms with Crippen molar-refractivity contribution in [1.82, 2.24) is 4.90 Å². The van der Waals surface area contributed by atoms with Crippen molar-refractivity contribution >= 4 is 80.1 Å². The summed E-state index contributed by atoms with van der Waals surface area (Å²) in [5, 5.41) is -0.518. The van der Waals surface area contributed by atoms with Crippen LogP contribution in [0.4, 0.5) is 9.18 Å². The fraction of sp³-hybridized carbons (Fsp3) is 0.227. The fourth-order valence-corrected chi connectivity index (χ4v) is 5.94. The van der Waals surface area contributed by atoms with Gasteiger partial charge in [-0.15, -0.1) is 0 Å². The summed E-state index contributed by atoms with van der Waals surface area (Å²) in [4.78, 5) is 38.2. The molecule has 2 aromatic carbocycles. The van der Waals surface area contributed by atoms with Gasteiger partial charge in [-0.2, -0.15) is 0 Å². The third-order valence-corrected chi connectivity index (χ3v) is 6.97. The second-order valence-electron chi connectivity index (χ2n) is 6.67. The molecule has 0 aliphatic carbocycles. The van der Waals surface area contributed by atoms with Crippen molar-refractivity contribution in [2.24, 2.45) is 0 Å². The van der Waals surface area contributed by atoms with Crippen molar-refractivity contribution in [3.05, 3.63) is 65.4 Å². The summed E-state index contributed by atoms with van der Waals surface area (Å²) >= 11 is 5.00. The molecule has 0 radical (unpaired) electrons. The highest BCUT2D eigenvalue weighted by Crippen LogP contribution is 2.36. The number of hydrogen-bond donors (Lipinski definition) is 0. The summed E-state index contributed by atoms with van der Waals surface area (Å²) in [6.45, 7) is 3.37. The van der Waals surface area contributed by atoms with Crippen LogP contribution in [0.1, 0.15) is 25.0 Å². The maximum Gasteiger partial charge on any atom is 0.329 e. The average molecular weight is 681 g/mol. The Hall–Kier alpha value is -1.67. The Bertz CT molecular complexity index is 1080. The minimum Gasteiger partial charge on any atom is -0.487 e. The van der Waals surface area contributed by atoms with Crippen LogP contribution in [0.3, 0.4) is 0 Å². The zero-order valence-corrected chi connectivity index (χ0v) is 22.2. The number of amides is 2. The molecule has 1 saturated heterocycles. The van der Waals surface area contributed by atoms with E-state index in [1.165, 1.54) is 13.0 Å². The lowest BCUT2D eigenvalue weighted by Gasteiger charge is -2.19. The molecular weight excluding hydrogens is 663 g/mol. The molecule has 0 N–H and O–H groups in total. The molecule has 168 valence electrons. The number of halogens is 3. The van der Waals surface area contributed by atoms with Crippen LogP contribution in [-0.2, 0) is 20.9 Å². The highest BCUT2D eigenvalue weighted by molar-refractivity contribution is 14.1. The Labute approximate surface area is 216 Å². The lowest BCUT2D eigenvalue weighted by molar-refractivity contribution is -0.150. The number of ether oxygens (including phenoxy) is 2. The van der Waals surface area contributed by atoms with Gasteiger partial charge in [0.2, 0.25) is 0 Å².